The van der Waals surface area contributed by atoms with E-state index in [1.165, 1.54) is 0 Å². The highest BCUT2D eigenvalue weighted by Gasteiger charge is 2.31. The lowest BCUT2D eigenvalue weighted by molar-refractivity contribution is 0.424. The molecule has 1 fully saturated rings. The number of hydrogen-bond donors (Lipinski definition) is 0. The highest BCUT2D eigenvalue weighted by Crippen LogP contribution is 2.37. The minimum atomic E-state index is 0.00618. The van der Waals surface area contributed by atoms with Crippen molar-refractivity contribution in [3.05, 3.63) is 36.7 Å². The summed E-state index contributed by atoms with van der Waals surface area (Å²) in [7, 11) is 0. The van der Waals surface area contributed by atoms with Gasteiger partial charge in [0, 0.05) is 24.7 Å². The van der Waals surface area contributed by atoms with Gasteiger partial charge in [0.25, 0.3) is 5.89 Å². The smallest absolute Gasteiger partial charge is 0.276 e. The van der Waals surface area contributed by atoms with Crippen molar-refractivity contribution in [2.45, 2.75) is 26.3 Å². The first-order valence-electron chi connectivity index (χ1n) is 8.78. The van der Waals surface area contributed by atoms with E-state index in [0.717, 1.165) is 24.1 Å². The van der Waals surface area contributed by atoms with Gasteiger partial charge in [0.1, 0.15) is 17.2 Å². The molecule has 1 saturated carbocycles. The average Bonchev–Trinajstić information content (AvgIpc) is 3.07. The second-order valence-electron chi connectivity index (χ2n) is 6.79. The molecule has 1 aliphatic carbocycles. The van der Waals surface area contributed by atoms with E-state index in [0.29, 0.717) is 35.7 Å². The summed E-state index contributed by atoms with van der Waals surface area (Å²) in [5, 5.41) is 17.6. The fraction of sp³-hybridized carbons (Fsp3) is 0.333. The van der Waals surface area contributed by atoms with Gasteiger partial charge < -0.3 is 4.52 Å². The van der Waals surface area contributed by atoms with Gasteiger partial charge in [0.05, 0.1) is 30.3 Å². The molecule has 0 amide bonds. The highest BCUT2D eigenvalue weighted by atomic mass is 16.5. The van der Waals surface area contributed by atoms with Crippen LogP contribution in [0, 0.1) is 30.1 Å². The van der Waals surface area contributed by atoms with E-state index in [2.05, 4.69) is 26.3 Å². The molecule has 9 nitrogen and oxygen atoms in total. The third kappa shape index (κ3) is 2.85. The molecule has 0 aliphatic heterocycles. The molecule has 1 unspecified atom stereocenters. The Morgan fingerprint density at radius 1 is 1.37 bits per heavy atom. The average molecular weight is 360 g/mol. The number of nitriles is 1. The van der Waals surface area contributed by atoms with Crippen LogP contribution in [0.25, 0.3) is 28.6 Å². The molecule has 0 bridgehead atoms. The molecular weight excluding hydrogens is 344 g/mol. The van der Waals surface area contributed by atoms with Crippen molar-refractivity contribution in [3.63, 3.8) is 0 Å². The number of hydrogen-bond acceptors (Lipinski definition) is 7. The van der Waals surface area contributed by atoms with E-state index in [-0.39, 0.29) is 5.92 Å². The monoisotopic (exact) mass is 360 g/mol. The number of imidazole rings is 1. The first-order valence-corrected chi connectivity index (χ1v) is 8.78. The first kappa shape index (κ1) is 15.7. The van der Waals surface area contributed by atoms with Crippen molar-refractivity contribution in [3.8, 4) is 29.0 Å². The van der Waals surface area contributed by atoms with Crippen molar-refractivity contribution in [2.24, 2.45) is 11.8 Å². The molecule has 5 rings (SSSR count). The van der Waals surface area contributed by atoms with Gasteiger partial charge in [-0.1, -0.05) is 5.16 Å². The Hall–Kier alpha value is -3.54. The Balaban J connectivity index is 1.54. The van der Waals surface area contributed by atoms with Crippen molar-refractivity contribution in [2.75, 3.05) is 0 Å². The van der Waals surface area contributed by atoms with E-state index in [1.54, 1.807) is 25.4 Å². The third-order valence-electron chi connectivity index (χ3n) is 4.77. The minimum absolute atomic E-state index is 0.00618. The van der Waals surface area contributed by atoms with Crippen LogP contribution in [0.2, 0.25) is 0 Å². The SMILES string of the molecule is Cc1noc(-c2cc3nccn3c(-c3cnn(CC(C#N)C4CC4)c3)n2)n1. The second-order valence-corrected chi connectivity index (χ2v) is 6.79. The van der Waals surface area contributed by atoms with E-state index < -0.39 is 0 Å². The van der Waals surface area contributed by atoms with E-state index >= 15 is 0 Å². The molecule has 4 heterocycles. The lowest BCUT2D eigenvalue weighted by Crippen LogP contribution is -2.11. The molecule has 134 valence electrons. The Morgan fingerprint density at radius 3 is 3.00 bits per heavy atom. The predicted molar refractivity (Wildman–Crippen MR) is 94.1 cm³/mol. The summed E-state index contributed by atoms with van der Waals surface area (Å²) in [6.45, 7) is 2.36. The van der Waals surface area contributed by atoms with Gasteiger partial charge >= 0.3 is 0 Å². The van der Waals surface area contributed by atoms with Crippen LogP contribution in [-0.4, -0.2) is 34.3 Å². The normalized spacial score (nSPS) is 15.1. The zero-order valence-corrected chi connectivity index (χ0v) is 14.6. The molecule has 0 aromatic carbocycles. The summed E-state index contributed by atoms with van der Waals surface area (Å²) < 4.78 is 8.96. The van der Waals surface area contributed by atoms with Gasteiger partial charge in [-0.25, -0.2) is 9.97 Å². The van der Waals surface area contributed by atoms with Crippen molar-refractivity contribution in [1.82, 2.24) is 34.3 Å². The number of rotatable bonds is 5. The summed E-state index contributed by atoms with van der Waals surface area (Å²) in [6.07, 6.45) is 9.50. The van der Waals surface area contributed by atoms with Crippen LogP contribution in [0.1, 0.15) is 18.7 Å². The zero-order valence-electron chi connectivity index (χ0n) is 14.6. The zero-order chi connectivity index (χ0) is 18.4. The Morgan fingerprint density at radius 2 is 2.26 bits per heavy atom. The van der Waals surface area contributed by atoms with Crippen LogP contribution >= 0.6 is 0 Å². The molecule has 1 aliphatic rings. The standard InChI is InChI=1S/C18H16N8O/c1-11-22-18(27-24-11)15-6-16-20-4-5-26(16)17(23-15)14-8-21-25(10-14)9-13(7-19)12-2-3-12/h4-6,8,10,12-13H,2-3,9H2,1H3. The van der Waals surface area contributed by atoms with Gasteiger partial charge in [-0.15, -0.1) is 0 Å². The lowest BCUT2D eigenvalue weighted by Gasteiger charge is -2.07. The molecule has 0 spiro atoms. The van der Waals surface area contributed by atoms with E-state index in [4.69, 9.17) is 9.51 Å². The Bertz CT molecular complexity index is 1160. The van der Waals surface area contributed by atoms with Crippen molar-refractivity contribution in [1.29, 1.82) is 5.26 Å². The van der Waals surface area contributed by atoms with Gasteiger partial charge in [0.15, 0.2) is 5.82 Å². The summed E-state index contributed by atoms with van der Waals surface area (Å²) >= 11 is 0. The number of fused-ring (bicyclic) bond motifs is 1. The maximum atomic E-state index is 9.36. The summed E-state index contributed by atoms with van der Waals surface area (Å²) in [6, 6.07) is 4.21. The van der Waals surface area contributed by atoms with Crippen LogP contribution in [0.3, 0.4) is 0 Å². The van der Waals surface area contributed by atoms with Crippen molar-refractivity contribution < 1.29 is 4.52 Å². The fourth-order valence-corrected chi connectivity index (χ4v) is 3.21. The summed E-state index contributed by atoms with van der Waals surface area (Å²) in [4.78, 5) is 13.3. The molecule has 0 radical (unpaired) electrons. The van der Waals surface area contributed by atoms with Gasteiger partial charge in [0.2, 0.25) is 0 Å². The predicted octanol–water partition coefficient (Wildman–Crippen LogP) is 2.50. The molecular formula is C18H16N8O. The van der Waals surface area contributed by atoms with E-state index in [1.807, 2.05) is 21.5 Å². The largest absolute Gasteiger partial charge is 0.332 e. The van der Waals surface area contributed by atoms with Crippen LogP contribution in [0.15, 0.2) is 35.4 Å². The first-order chi connectivity index (χ1) is 13.2. The van der Waals surface area contributed by atoms with Crippen LogP contribution in [0.4, 0.5) is 0 Å². The molecule has 9 heteroatoms. The van der Waals surface area contributed by atoms with Gasteiger partial charge in [-0.2, -0.15) is 15.3 Å². The van der Waals surface area contributed by atoms with Crippen molar-refractivity contribution >= 4 is 5.65 Å². The number of aryl methyl sites for hydroxylation is 1. The summed E-state index contributed by atoms with van der Waals surface area (Å²) in [5.41, 5.74) is 2.12. The van der Waals surface area contributed by atoms with Crippen LogP contribution in [0.5, 0.6) is 0 Å². The molecule has 1 atom stereocenters. The lowest BCUT2D eigenvalue weighted by atomic mass is 10.1. The highest BCUT2D eigenvalue weighted by molar-refractivity contribution is 5.64. The topological polar surface area (TPSA) is 111 Å². The number of aromatic nitrogens is 7. The number of nitrogens with zero attached hydrogens (tertiary/aromatic N) is 8. The fourth-order valence-electron chi connectivity index (χ4n) is 3.21. The van der Waals surface area contributed by atoms with E-state index in [9.17, 15) is 5.26 Å². The van der Waals surface area contributed by atoms with Crippen LogP contribution in [-0.2, 0) is 6.54 Å². The Kier molecular flexibility index (Phi) is 3.50. The third-order valence-corrected chi connectivity index (χ3v) is 4.77. The molecule has 4 aromatic heterocycles. The summed E-state index contributed by atoms with van der Waals surface area (Å²) in [5.74, 6) is 2.09. The maximum Gasteiger partial charge on any atom is 0.276 e. The quantitative estimate of drug-likeness (QED) is 0.537. The molecule has 0 saturated heterocycles. The maximum absolute atomic E-state index is 9.36. The molecule has 4 aromatic rings. The Labute approximate surface area is 154 Å². The van der Waals surface area contributed by atoms with Crippen LogP contribution < -0.4 is 0 Å². The van der Waals surface area contributed by atoms with Gasteiger partial charge in [-0.05, 0) is 25.7 Å². The molecule has 0 N–H and O–H groups in total. The second kappa shape index (κ2) is 6.02. The van der Waals surface area contributed by atoms with Gasteiger partial charge in [-0.3, -0.25) is 9.08 Å². The molecule has 27 heavy (non-hydrogen) atoms. The minimum Gasteiger partial charge on any atom is -0.332 e.